The molecule has 0 radical (unpaired) electrons. The third-order valence-corrected chi connectivity index (χ3v) is 2.32. The normalized spacial score (nSPS) is 12.7. The van der Waals surface area contributed by atoms with E-state index in [2.05, 4.69) is 36.8 Å². The molecule has 0 spiro atoms. The average molecular weight is 258 g/mol. The minimum absolute atomic E-state index is 0.802. The lowest BCUT2D eigenvalue weighted by molar-refractivity contribution is 0.280. The van der Waals surface area contributed by atoms with Gasteiger partial charge in [-0.1, -0.05) is 43.1 Å². The van der Waals surface area contributed by atoms with E-state index < -0.39 is 12.2 Å². The fourth-order valence-corrected chi connectivity index (χ4v) is 1.28. The molecule has 0 rings (SSSR count). The first kappa shape index (κ1) is 17.3. The zero-order valence-electron chi connectivity index (χ0n) is 11.3. The molecule has 0 aliphatic heterocycles. The van der Waals surface area contributed by atoms with Gasteiger partial charge in [-0.2, -0.15) is 0 Å². The van der Waals surface area contributed by atoms with Crippen molar-refractivity contribution in [3.05, 3.63) is 37.5 Å². The highest BCUT2D eigenvalue weighted by Gasteiger charge is 1.90. The average Bonchev–Trinajstić information content (AvgIpc) is 2.42. The molecule has 2 unspecified atom stereocenters. The van der Waals surface area contributed by atoms with Crippen LogP contribution < -0.4 is 0 Å². The number of rotatable bonds is 8. The summed E-state index contributed by atoms with van der Waals surface area (Å²) in [6, 6.07) is 0. The molecule has 0 aromatic heterocycles. The Morgan fingerprint density at radius 2 is 1.53 bits per heavy atom. The third kappa shape index (κ3) is 12.5. The summed E-state index contributed by atoms with van der Waals surface area (Å²) in [6.07, 6.45) is 10.6. The van der Waals surface area contributed by atoms with E-state index in [0.29, 0.717) is 0 Å². The smallest absolute Gasteiger partial charge is 0.134 e. The topological polar surface area (TPSA) is 40.5 Å². The van der Waals surface area contributed by atoms with Crippen molar-refractivity contribution in [2.45, 2.75) is 44.3 Å². The van der Waals surface area contributed by atoms with Gasteiger partial charge in [0, 0.05) is 0 Å². The SMILES string of the molecule is C=CCCCCC/C=C\C(O)C#CC#CC(O)C=C. The molecule has 2 N–H and O–H groups in total. The summed E-state index contributed by atoms with van der Waals surface area (Å²) in [5.41, 5.74) is 0. The van der Waals surface area contributed by atoms with Gasteiger partial charge in [-0.05, 0) is 43.6 Å². The van der Waals surface area contributed by atoms with Crippen LogP contribution in [0.4, 0.5) is 0 Å². The maximum atomic E-state index is 9.49. The summed E-state index contributed by atoms with van der Waals surface area (Å²) in [5, 5.41) is 18.5. The van der Waals surface area contributed by atoms with Crippen LogP contribution in [0.2, 0.25) is 0 Å². The molecule has 0 heterocycles. The first-order valence-electron chi connectivity index (χ1n) is 6.48. The van der Waals surface area contributed by atoms with Crippen molar-refractivity contribution in [2.24, 2.45) is 0 Å². The van der Waals surface area contributed by atoms with Gasteiger partial charge in [-0.3, -0.25) is 0 Å². The Morgan fingerprint density at radius 3 is 2.16 bits per heavy atom. The van der Waals surface area contributed by atoms with E-state index >= 15 is 0 Å². The number of unbranched alkanes of at least 4 members (excludes halogenated alkanes) is 4. The first-order chi connectivity index (χ1) is 9.20. The van der Waals surface area contributed by atoms with Crippen molar-refractivity contribution in [1.29, 1.82) is 0 Å². The van der Waals surface area contributed by atoms with Crippen LogP contribution >= 0.6 is 0 Å². The molecule has 0 aromatic carbocycles. The number of aliphatic hydroxyl groups excluding tert-OH is 2. The maximum Gasteiger partial charge on any atom is 0.134 e. The van der Waals surface area contributed by atoms with Crippen LogP contribution in [-0.4, -0.2) is 22.4 Å². The zero-order valence-corrected chi connectivity index (χ0v) is 11.3. The van der Waals surface area contributed by atoms with Gasteiger partial charge in [0.05, 0.1) is 0 Å². The molecule has 0 aromatic rings. The van der Waals surface area contributed by atoms with Crippen molar-refractivity contribution in [3.8, 4) is 23.7 Å². The minimum atomic E-state index is -0.863. The monoisotopic (exact) mass is 258 g/mol. The molecular weight excluding hydrogens is 236 g/mol. The highest BCUT2D eigenvalue weighted by atomic mass is 16.3. The van der Waals surface area contributed by atoms with Crippen LogP contribution in [0.5, 0.6) is 0 Å². The maximum absolute atomic E-state index is 9.49. The molecule has 0 saturated carbocycles. The van der Waals surface area contributed by atoms with Crippen molar-refractivity contribution >= 4 is 0 Å². The number of hydrogen-bond donors (Lipinski definition) is 2. The fraction of sp³-hybridized carbons (Fsp3) is 0.412. The largest absolute Gasteiger partial charge is 0.377 e. The summed E-state index contributed by atoms with van der Waals surface area (Å²) in [6.45, 7) is 7.06. The van der Waals surface area contributed by atoms with Crippen LogP contribution in [0.1, 0.15) is 32.1 Å². The Balaban J connectivity index is 3.80. The summed E-state index contributed by atoms with van der Waals surface area (Å²) in [7, 11) is 0. The van der Waals surface area contributed by atoms with E-state index in [1.54, 1.807) is 6.08 Å². The molecule has 19 heavy (non-hydrogen) atoms. The summed E-state index contributed by atoms with van der Waals surface area (Å²) in [5.74, 6) is 9.96. The molecule has 0 aliphatic carbocycles. The Bertz CT molecular complexity index is 398. The molecule has 0 fully saturated rings. The summed E-state index contributed by atoms with van der Waals surface area (Å²) < 4.78 is 0. The van der Waals surface area contributed by atoms with Gasteiger partial charge in [-0.25, -0.2) is 0 Å². The predicted octanol–water partition coefficient (Wildman–Crippen LogP) is 2.59. The van der Waals surface area contributed by atoms with Gasteiger partial charge in [0.2, 0.25) is 0 Å². The fourth-order valence-electron chi connectivity index (χ4n) is 1.28. The standard InChI is InChI=1S/C17H22O2/c1-3-5-6-7-8-9-10-14-17(19)15-12-11-13-16(18)4-2/h3-4,10,14,16-19H,1-2,5-9H2/b14-10-. The molecule has 0 aliphatic rings. The second-order valence-corrected chi connectivity index (χ2v) is 4.02. The van der Waals surface area contributed by atoms with Gasteiger partial charge in [-0.15, -0.1) is 6.58 Å². The second-order valence-electron chi connectivity index (χ2n) is 4.02. The zero-order chi connectivity index (χ0) is 14.3. The van der Waals surface area contributed by atoms with E-state index in [1.807, 2.05) is 12.2 Å². The first-order valence-corrected chi connectivity index (χ1v) is 6.48. The summed E-state index contributed by atoms with van der Waals surface area (Å²) in [4.78, 5) is 0. The van der Waals surface area contributed by atoms with Crippen molar-refractivity contribution < 1.29 is 10.2 Å². The van der Waals surface area contributed by atoms with Gasteiger partial charge < -0.3 is 10.2 Å². The van der Waals surface area contributed by atoms with Gasteiger partial charge >= 0.3 is 0 Å². The van der Waals surface area contributed by atoms with E-state index in [4.69, 9.17) is 5.11 Å². The molecule has 2 atom stereocenters. The van der Waals surface area contributed by atoms with E-state index in [1.165, 1.54) is 18.9 Å². The second kappa shape index (κ2) is 12.7. The van der Waals surface area contributed by atoms with Gasteiger partial charge in [0.1, 0.15) is 12.2 Å². The van der Waals surface area contributed by atoms with Crippen LogP contribution in [0, 0.1) is 23.7 Å². The highest BCUT2D eigenvalue weighted by Crippen LogP contribution is 2.04. The van der Waals surface area contributed by atoms with Gasteiger partial charge in [0.15, 0.2) is 0 Å². The van der Waals surface area contributed by atoms with Crippen LogP contribution in [0.15, 0.2) is 37.5 Å². The van der Waals surface area contributed by atoms with Crippen LogP contribution in [0.3, 0.4) is 0 Å². The molecule has 0 amide bonds. The molecule has 0 saturated heterocycles. The van der Waals surface area contributed by atoms with Crippen molar-refractivity contribution in [3.63, 3.8) is 0 Å². The minimum Gasteiger partial charge on any atom is -0.377 e. The Morgan fingerprint density at radius 1 is 0.895 bits per heavy atom. The van der Waals surface area contributed by atoms with Crippen LogP contribution in [-0.2, 0) is 0 Å². The lowest BCUT2D eigenvalue weighted by Crippen LogP contribution is -1.97. The Labute approximate surface area is 116 Å². The van der Waals surface area contributed by atoms with Crippen molar-refractivity contribution in [1.82, 2.24) is 0 Å². The van der Waals surface area contributed by atoms with Crippen molar-refractivity contribution in [2.75, 3.05) is 0 Å². The molecule has 2 heteroatoms. The molecule has 0 bridgehead atoms. The number of aliphatic hydroxyl groups is 2. The lowest BCUT2D eigenvalue weighted by atomic mass is 10.1. The molecular formula is C17H22O2. The summed E-state index contributed by atoms with van der Waals surface area (Å²) >= 11 is 0. The van der Waals surface area contributed by atoms with E-state index in [0.717, 1.165) is 19.3 Å². The van der Waals surface area contributed by atoms with Gasteiger partial charge in [0.25, 0.3) is 0 Å². The third-order valence-electron chi connectivity index (χ3n) is 2.32. The number of hydrogen-bond acceptors (Lipinski definition) is 2. The van der Waals surface area contributed by atoms with Crippen LogP contribution in [0.25, 0.3) is 0 Å². The lowest BCUT2D eigenvalue weighted by Gasteiger charge is -1.96. The molecule has 2 nitrogen and oxygen atoms in total. The number of allylic oxidation sites excluding steroid dienone is 2. The van der Waals surface area contributed by atoms with E-state index in [9.17, 15) is 5.11 Å². The Kier molecular flexibility index (Phi) is 11.5. The molecule has 102 valence electrons. The quantitative estimate of drug-likeness (QED) is 0.399. The highest BCUT2D eigenvalue weighted by molar-refractivity contribution is 5.31. The predicted molar refractivity (Wildman–Crippen MR) is 80.2 cm³/mol. The Hall–Kier alpha value is -1.74. The van der Waals surface area contributed by atoms with E-state index in [-0.39, 0.29) is 0 Å².